The average molecular weight is 253 g/mol. The number of nitrogens with zero attached hydrogens (tertiary/aromatic N) is 1. The lowest BCUT2D eigenvalue weighted by Crippen LogP contribution is -2.38. The van der Waals surface area contributed by atoms with Crippen molar-refractivity contribution in [1.29, 1.82) is 0 Å². The standard InChI is InChI=1S/C12H19N3OS/c1-9-14-7-11(17-9)6-13-8-12(16)15-10-4-2-3-5-10/h7,10,13H,2-6,8H2,1H3,(H,15,16). The van der Waals surface area contributed by atoms with Gasteiger partial charge in [-0.2, -0.15) is 0 Å². The zero-order valence-corrected chi connectivity index (χ0v) is 11.0. The minimum atomic E-state index is 0.109. The van der Waals surface area contributed by atoms with Crippen molar-refractivity contribution in [1.82, 2.24) is 15.6 Å². The van der Waals surface area contributed by atoms with Crippen LogP contribution in [0.4, 0.5) is 0 Å². The predicted molar refractivity (Wildman–Crippen MR) is 69.0 cm³/mol. The van der Waals surface area contributed by atoms with Gasteiger partial charge < -0.3 is 10.6 Å². The second-order valence-electron chi connectivity index (χ2n) is 4.50. The maximum atomic E-state index is 11.6. The summed E-state index contributed by atoms with van der Waals surface area (Å²) >= 11 is 1.67. The lowest BCUT2D eigenvalue weighted by Gasteiger charge is -2.11. The number of rotatable bonds is 5. The SMILES string of the molecule is Cc1ncc(CNCC(=O)NC2CCCC2)s1. The summed E-state index contributed by atoms with van der Waals surface area (Å²) in [7, 11) is 0. The fourth-order valence-electron chi connectivity index (χ4n) is 2.14. The van der Waals surface area contributed by atoms with Gasteiger partial charge in [-0.05, 0) is 19.8 Å². The van der Waals surface area contributed by atoms with Crippen LogP contribution < -0.4 is 10.6 Å². The fourth-order valence-corrected chi connectivity index (χ4v) is 2.90. The molecule has 1 aliphatic carbocycles. The van der Waals surface area contributed by atoms with Crippen LogP contribution in [0.25, 0.3) is 0 Å². The van der Waals surface area contributed by atoms with Crippen LogP contribution in [-0.4, -0.2) is 23.5 Å². The molecule has 17 heavy (non-hydrogen) atoms. The quantitative estimate of drug-likeness (QED) is 0.838. The largest absolute Gasteiger partial charge is 0.352 e. The Bertz CT molecular complexity index is 372. The van der Waals surface area contributed by atoms with Crippen LogP contribution >= 0.6 is 11.3 Å². The maximum Gasteiger partial charge on any atom is 0.234 e. The number of amides is 1. The lowest BCUT2D eigenvalue weighted by molar-refractivity contribution is -0.120. The van der Waals surface area contributed by atoms with E-state index in [1.807, 2.05) is 13.1 Å². The van der Waals surface area contributed by atoms with E-state index in [1.54, 1.807) is 11.3 Å². The van der Waals surface area contributed by atoms with Gasteiger partial charge in [0, 0.05) is 23.7 Å². The molecule has 0 atom stereocenters. The molecular weight excluding hydrogens is 234 g/mol. The van der Waals surface area contributed by atoms with Crippen LogP contribution in [0.2, 0.25) is 0 Å². The third-order valence-corrected chi connectivity index (χ3v) is 3.89. The number of aromatic nitrogens is 1. The predicted octanol–water partition coefficient (Wildman–Crippen LogP) is 1.60. The van der Waals surface area contributed by atoms with Crippen LogP contribution in [0.1, 0.15) is 35.6 Å². The van der Waals surface area contributed by atoms with E-state index in [2.05, 4.69) is 15.6 Å². The minimum absolute atomic E-state index is 0.109. The molecule has 1 aliphatic rings. The maximum absolute atomic E-state index is 11.6. The Morgan fingerprint density at radius 3 is 2.94 bits per heavy atom. The minimum Gasteiger partial charge on any atom is -0.352 e. The summed E-state index contributed by atoms with van der Waals surface area (Å²) in [6.07, 6.45) is 6.64. The molecule has 1 amide bonds. The number of thiazole rings is 1. The summed E-state index contributed by atoms with van der Waals surface area (Å²) in [6.45, 7) is 3.11. The number of carbonyl (C=O) groups is 1. The van der Waals surface area contributed by atoms with Gasteiger partial charge in [-0.3, -0.25) is 4.79 Å². The van der Waals surface area contributed by atoms with Gasteiger partial charge in [0.05, 0.1) is 11.6 Å². The van der Waals surface area contributed by atoms with Crippen LogP contribution in [0.5, 0.6) is 0 Å². The Kier molecular flexibility index (Phi) is 4.50. The number of carbonyl (C=O) groups excluding carboxylic acids is 1. The molecule has 0 aromatic carbocycles. The molecule has 0 aliphatic heterocycles. The number of aryl methyl sites for hydroxylation is 1. The van der Waals surface area contributed by atoms with Gasteiger partial charge >= 0.3 is 0 Å². The molecule has 0 saturated heterocycles. The fraction of sp³-hybridized carbons (Fsp3) is 0.667. The average Bonchev–Trinajstić information content (AvgIpc) is 2.90. The molecule has 0 spiro atoms. The van der Waals surface area contributed by atoms with Gasteiger partial charge in [-0.1, -0.05) is 12.8 Å². The Balaban J connectivity index is 1.62. The summed E-state index contributed by atoms with van der Waals surface area (Å²) in [4.78, 5) is 17.0. The summed E-state index contributed by atoms with van der Waals surface area (Å²) in [5.41, 5.74) is 0. The van der Waals surface area contributed by atoms with Crippen molar-refractivity contribution < 1.29 is 4.79 Å². The summed E-state index contributed by atoms with van der Waals surface area (Å²) < 4.78 is 0. The lowest BCUT2D eigenvalue weighted by atomic mass is 10.2. The van der Waals surface area contributed by atoms with Crippen LogP contribution in [0.15, 0.2) is 6.20 Å². The Morgan fingerprint density at radius 2 is 2.29 bits per heavy atom. The van der Waals surface area contributed by atoms with Crippen LogP contribution in [0.3, 0.4) is 0 Å². The van der Waals surface area contributed by atoms with Crippen LogP contribution in [0, 0.1) is 6.92 Å². The molecule has 4 nitrogen and oxygen atoms in total. The number of hydrogen-bond acceptors (Lipinski definition) is 4. The molecule has 0 bridgehead atoms. The van der Waals surface area contributed by atoms with Crippen molar-refractivity contribution in [3.8, 4) is 0 Å². The van der Waals surface area contributed by atoms with E-state index in [4.69, 9.17) is 0 Å². The second kappa shape index (κ2) is 6.12. The van der Waals surface area contributed by atoms with E-state index in [9.17, 15) is 4.79 Å². The van der Waals surface area contributed by atoms with E-state index in [-0.39, 0.29) is 5.91 Å². The molecular formula is C12H19N3OS. The van der Waals surface area contributed by atoms with E-state index in [0.29, 0.717) is 12.6 Å². The van der Waals surface area contributed by atoms with Gasteiger partial charge in [0.1, 0.15) is 0 Å². The molecule has 0 unspecified atom stereocenters. The summed E-state index contributed by atoms with van der Waals surface area (Å²) in [6, 6.07) is 0.412. The van der Waals surface area contributed by atoms with E-state index < -0.39 is 0 Å². The highest BCUT2D eigenvalue weighted by atomic mass is 32.1. The van der Waals surface area contributed by atoms with Gasteiger partial charge in [-0.25, -0.2) is 4.98 Å². The Hall–Kier alpha value is -0.940. The van der Waals surface area contributed by atoms with Crippen molar-refractivity contribution in [3.05, 3.63) is 16.1 Å². The normalized spacial score (nSPS) is 16.3. The second-order valence-corrected chi connectivity index (χ2v) is 5.82. The highest BCUT2D eigenvalue weighted by Gasteiger charge is 2.16. The third-order valence-electron chi connectivity index (χ3n) is 2.97. The zero-order valence-electron chi connectivity index (χ0n) is 10.2. The van der Waals surface area contributed by atoms with Gasteiger partial charge in [0.15, 0.2) is 0 Å². The molecule has 2 N–H and O–H groups in total. The molecule has 2 rings (SSSR count). The van der Waals surface area contributed by atoms with Crippen molar-refractivity contribution in [3.63, 3.8) is 0 Å². The first-order chi connectivity index (χ1) is 8.24. The van der Waals surface area contributed by atoms with E-state index in [0.717, 1.165) is 24.4 Å². The molecule has 1 aromatic rings. The third kappa shape index (κ3) is 4.09. The number of nitrogens with one attached hydrogen (secondary N) is 2. The highest BCUT2D eigenvalue weighted by molar-refractivity contribution is 7.11. The molecule has 1 heterocycles. The first-order valence-electron chi connectivity index (χ1n) is 6.15. The number of hydrogen-bond donors (Lipinski definition) is 2. The van der Waals surface area contributed by atoms with Crippen molar-refractivity contribution in [2.75, 3.05) is 6.54 Å². The molecule has 1 aromatic heterocycles. The Morgan fingerprint density at radius 1 is 1.53 bits per heavy atom. The van der Waals surface area contributed by atoms with Crippen molar-refractivity contribution >= 4 is 17.2 Å². The topological polar surface area (TPSA) is 54.0 Å². The zero-order chi connectivity index (χ0) is 12.1. The molecule has 5 heteroatoms. The van der Waals surface area contributed by atoms with Gasteiger partial charge in [0.2, 0.25) is 5.91 Å². The van der Waals surface area contributed by atoms with Crippen molar-refractivity contribution in [2.24, 2.45) is 0 Å². The van der Waals surface area contributed by atoms with E-state index in [1.165, 1.54) is 17.7 Å². The van der Waals surface area contributed by atoms with Gasteiger partial charge in [0.25, 0.3) is 0 Å². The monoisotopic (exact) mass is 253 g/mol. The smallest absolute Gasteiger partial charge is 0.234 e. The van der Waals surface area contributed by atoms with Crippen LogP contribution in [-0.2, 0) is 11.3 Å². The first kappa shape index (κ1) is 12.5. The highest BCUT2D eigenvalue weighted by Crippen LogP contribution is 2.17. The summed E-state index contributed by atoms with van der Waals surface area (Å²) in [5, 5.41) is 7.27. The van der Waals surface area contributed by atoms with Crippen molar-refractivity contribution in [2.45, 2.75) is 45.2 Å². The Labute approximate surface area is 106 Å². The molecule has 0 radical (unpaired) electrons. The molecule has 1 saturated carbocycles. The molecule has 94 valence electrons. The van der Waals surface area contributed by atoms with Gasteiger partial charge in [-0.15, -0.1) is 11.3 Å². The molecule has 1 fully saturated rings. The summed E-state index contributed by atoms with van der Waals surface area (Å²) in [5.74, 6) is 0.109. The first-order valence-corrected chi connectivity index (χ1v) is 6.97. The van der Waals surface area contributed by atoms with E-state index >= 15 is 0 Å².